The van der Waals surface area contributed by atoms with E-state index in [1.165, 1.54) is 18.3 Å². The number of nitrogens with one attached hydrogen (secondary N) is 2. The minimum atomic E-state index is -0.614. The Morgan fingerprint density at radius 2 is 1.94 bits per heavy atom. The molecule has 10 heteroatoms. The number of nitro groups is 1. The van der Waals surface area contributed by atoms with Crippen LogP contribution in [0.2, 0.25) is 0 Å². The van der Waals surface area contributed by atoms with Crippen LogP contribution in [0.5, 0.6) is 0 Å². The molecule has 34 heavy (non-hydrogen) atoms. The Bertz CT molecular complexity index is 1190. The van der Waals surface area contributed by atoms with Crippen LogP contribution in [0.4, 0.5) is 10.5 Å². The van der Waals surface area contributed by atoms with Crippen LogP contribution in [-0.4, -0.2) is 29.7 Å². The quantitative estimate of drug-likeness (QED) is 0.272. The fourth-order valence-electron chi connectivity index (χ4n) is 3.26. The van der Waals surface area contributed by atoms with E-state index < -0.39 is 23.0 Å². The van der Waals surface area contributed by atoms with Crippen molar-refractivity contribution in [2.45, 2.75) is 26.3 Å². The second-order valence-electron chi connectivity index (χ2n) is 7.28. The van der Waals surface area contributed by atoms with E-state index in [1.807, 2.05) is 18.2 Å². The van der Waals surface area contributed by atoms with Gasteiger partial charge >= 0.3 is 6.09 Å². The SMILES string of the molecule is CCOC(=O)N[C@H](CC(=O)N/N=C\c1ccc(-c2ccc([N+](=O)[O-])cc2C)o1)c1ccccc1. The topological polar surface area (TPSA) is 136 Å². The van der Waals surface area contributed by atoms with E-state index in [0.29, 0.717) is 22.6 Å². The van der Waals surface area contributed by atoms with Crippen molar-refractivity contribution in [3.63, 3.8) is 0 Å². The number of carbonyl (C=O) groups is 2. The van der Waals surface area contributed by atoms with Gasteiger partial charge in [-0.25, -0.2) is 10.2 Å². The monoisotopic (exact) mass is 464 g/mol. The largest absolute Gasteiger partial charge is 0.455 e. The van der Waals surface area contributed by atoms with E-state index >= 15 is 0 Å². The Morgan fingerprint density at radius 3 is 2.62 bits per heavy atom. The molecule has 1 heterocycles. The third-order valence-corrected chi connectivity index (χ3v) is 4.85. The number of carbonyl (C=O) groups excluding carboxylic acids is 2. The van der Waals surface area contributed by atoms with Crippen LogP contribution >= 0.6 is 0 Å². The third kappa shape index (κ3) is 6.52. The van der Waals surface area contributed by atoms with Crippen molar-refractivity contribution < 1.29 is 23.7 Å². The number of hydrogen-bond donors (Lipinski definition) is 2. The molecule has 176 valence electrons. The summed E-state index contributed by atoms with van der Waals surface area (Å²) in [6.45, 7) is 3.67. The van der Waals surface area contributed by atoms with Gasteiger partial charge < -0.3 is 14.5 Å². The number of rotatable bonds is 9. The van der Waals surface area contributed by atoms with Gasteiger partial charge in [-0.2, -0.15) is 5.10 Å². The van der Waals surface area contributed by atoms with Crippen LogP contribution in [-0.2, 0) is 9.53 Å². The lowest BCUT2D eigenvalue weighted by atomic mass is 10.0. The van der Waals surface area contributed by atoms with Crippen LogP contribution in [0.25, 0.3) is 11.3 Å². The van der Waals surface area contributed by atoms with Gasteiger partial charge in [0.1, 0.15) is 11.5 Å². The number of non-ortho nitro benzene ring substituents is 1. The summed E-state index contributed by atoms with van der Waals surface area (Å²) in [4.78, 5) is 34.7. The Hall–Kier alpha value is -4.47. The molecule has 0 radical (unpaired) electrons. The summed E-state index contributed by atoms with van der Waals surface area (Å²) in [5.74, 6) is 0.486. The molecule has 0 bridgehead atoms. The number of furan rings is 1. The first kappa shape index (κ1) is 24.2. The maximum Gasteiger partial charge on any atom is 0.407 e. The van der Waals surface area contributed by atoms with Gasteiger partial charge in [-0.1, -0.05) is 30.3 Å². The standard InChI is InChI=1S/C24H24N4O6/c1-3-33-24(30)26-21(17-7-5-4-6-8-17)14-23(29)27-25-15-19-10-12-22(34-19)20-11-9-18(28(31)32)13-16(20)2/h4-13,15,21H,3,14H2,1-2H3,(H,26,30)(H,27,29)/b25-15-/t21-/m1/s1. The summed E-state index contributed by atoms with van der Waals surface area (Å²) >= 11 is 0. The van der Waals surface area contributed by atoms with Crippen molar-refractivity contribution in [1.29, 1.82) is 0 Å². The molecule has 0 unspecified atom stereocenters. The Morgan fingerprint density at radius 1 is 1.18 bits per heavy atom. The van der Waals surface area contributed by atoms with E-state index in [-0.39, 0.29) is 18.7 Å². The maximum absolute atomic E-state index is 12.4. The number of alkyl carbamates (subject to hydrolysis) is 1. The number of ether oxygens (including phenoxy) is 1. The molecule has 2 N–H and O–H groups in total. The van der Waals surface area contributed by atoms with Gasteiger partial charge in [-0.15, -0.1) is 0 Å². The van der Waals surface area contributed by atoms with E-state index in [2.05, 4.69) is 15.8 Å². The van der Waals surface area contributed by atoms with Gasteiger partial charge in [0.2, 0.25) is 5.91 Å². The molecule has 0 saturated carbocycles. The third-order valence-electron chi connectivity index (χ3n) is 4.85. The summed E-state index contributed by atoms with van der Waals surface area (Å²) in [5, 5.41) is 17.5. The summed E-state index contributed by atoms with van der Waals surface area (Å²) in [6.07, 6.45) is 0.682. The van der Waals surface area contributed by atoms with Gasteiger partial charge in [-0.05, 0) is 43.2 Å². The van der Waals surface area contributed by atoms with Gasteiger partial charge in [-0.3, -0.25) is 14.9 Å². The zero-order valence-corrected chi connectivity index (χ0v) is 18.7. The van der Waals surface area contributed by atoms with Gasteiger partial charge in [0.05, 0.1) is 30.2 Å². The molecule has 1 atom stereocenters. The molecule has 10 nitrogen and oxygen atoms in total. The Balaban J connectivity index is 1.62. The highest BCUT2D eigenvalue weighted by molar-refractivity contribution is 5.82. The molecule has 2 amide bonds. The molecular weight excluding hydrogens is 440 g/mol. The molecule has 0 aliphatic carbocycles. The van der Waals surface area contributed by atoms with Gasteiger partial charge in [0, 0.05) is 17.7 Å². The molecule has 2 aromatic carbocycles. The zero-order chi connectivity index (χ0) is 24.5. The minimum Gasteiger partial charge on any atom is -0.455 e. The van der Waals surface area contributed by atoms with Gasteiger partial charge in [0.15, 0.2) is 0 Å². The smallest absolute Gasteiger partial charge is 0.407 e. The molecular formula is C24H24N4O6. The average molecular weight is 464 g/mol. The molecule has 3 aromatic rings. The molecule has 3 rings (SSSR count). The molecule has 0 aliphatic heterocycles. The first-order chi connectivity index (χ1) is 16.4. The Kier molecular flexibility index (Phi) is 8.11. The number of aryl methyl sites for hydroxylation is 1. The summed E-state index contributed by atoms with van der Waals surface area (Å²) in [5.41, 5.74) is 4.59. The number of hydrazone groups is 1. The fraction of sp³-hybridized carbons (Fsp3) is 0.208. The number of nitro benzene ring substituents is 1. The van der Waals surface area contributed by atoms with Crippen molar-refractivity contribution in [3.8, 4) is 11.3 Å². The van der Waals surface area contributed by atoms with E-state index in [0.717, 1.165) is 5.56 Å². The lowest BCUT2D eigenvalue weighted by Crippen LogP contribution is -2.33. The first-order valence-electron chi connectivity index (χ1n) is 10.5. The van der Waals surface area contributed by atoms with Crippen LogP contribution in [0.3, 0.4) is 0 Å². The van der Waals surface area contributed by atoms with Crippen LogP contribution in [0.1, 0.15) is 36.3 Å². The fourth-order valence-corrected chi connectivity index (χ4v) is 3.26. The average Bonchev–Trinajstić information content (AvgIpc) is 3.27. The summed E-state index contributed by atoms with van der Waals surface area (Å²) < 4.78 is 10.6. The van der Waals surface area contributed by atoms with Gasteiger partial charge in [0.25, 0.3) is 5.69 Å². The highest BCUT2D eigenvalue weighted by Gasteiger charge is 2.19. The van der Waals surface area contributed by atoms with Crippen molar-refractivity contribution >= 4 is 23.9 Å². The normalized spacial score (nSPS) is 11.7. The zero-order valence-electron chi connectivity index (χ0n) is 18.7. The molecule has 0 aliphatic rings. The Labute approximate surface area is 195 Å². The second-order valence-corrected chi connectivity index (χ2v) is 7.28. The highest BCUT2D eigenvalue weighted by Crippen LogP contribution is 2.28. The van der Waals surface area contributed by atoms with E-state index in [1.54, 1.807) is 44.2 Å². The predicted octanol–water partition coefficient (Wildman–Crippen LogP) is 4.49. The number of amides is 2. The lowest BCUT2D eigenvalue weighted by molar-refractivity contribution is -0.384. The first-order valence-corrected chi connectivity index (χ1v) is 10.5. The number of benzene rings is 2. The maximum atomic E-state index is 12.4. The number of nitrogens with zero attached hydrogens (tertiary/aromatic N) is 2. The van der Waals surface area contributed by atoms with Crippen molar-refractivity contribution in [2.24, 2.45) is 5.10 Å². The van der Waals surface area contributed by atoms with E-state index in [4.69, 9.17) is 9.15 Å². The summed E-state index contributed by atoms with van der Waals surface area (Å²) in [7, 11) is 0. The number of hydrogen-bond acceptors (Lipinski definition) is 7. The van der Waals surface area contributed by atoms with Crippen molar-refractivity contribution in [3.05, 3.63) is 87.7 Å². The molecule has 0 saturated heterocycles. The summed E-state index contributed by atoms with van der Waals surface area (Å²) in [6, 6.07) is 16.4. The molecule has 0 fully saturated rings. The van der Waals surface area contributed by atoms with E-state index in [9.17, 15) is 19.7 Å². The lowest BCUT2D eigenvalue weighted by Gasteiger charge is -2.17. The van der Waals surface area contributed by atoms with Crippen molar-refractivity contribution in [2.75, 3.05) is 6.61 Å². The van der Waals surface area contributed by atoms with Crippen LogP contribution < -0.4 is 10.7 Å². The highest BCUT2D eigenvalue weighted by atomic mass is 16.6. The minimum absolute atomic E-state index is 0.00329. The van der Waals surface area contributed by atoms with Crippen LogP contribution in [0.15, 0.2) is 70.2 Å². The van der Waals surface area contributed by atoms with Crippen molar-refractivity contribution in [1.82, 2.24) is 10.7 Å². The predicted molar refractivity (Wildman–Crippen MR) is 125 cm³/mol. The molecule has 1 aromatic heterocycles. The van der Waals surface area contributed by atoms with Crippen LogP contribution in [0, 0.1) is 17.0 Å². The molecule has 0 spiro atoms. The second kappa shape index (κ2) is 11.4.